The molecule has 0 aliphatic carbocycles. The molecule has 26 heavy (non-hydrogen) atoms. The van der Waals surface area contributed by atoms with E-state index >= 15 is 0 Å². The summed E-state index contributed by atoms with van der Waals surface area (Å²) in [5, 5.41) is 3.36. The third-order valence-corrected chi connectivity index (χ3v) is 5.71. The lowest BCUT2D eigenvalue weighted by Crippen LogP contribution is -2.57. The zero-order valence-corrected chi connectivity index (χ0v) is 17.5. The van der Waals surface area contributed by atoms with Crippen molar-refractivity contribution < 1.29 is 4.79 Å². The highest BCUT2D eigenvalue weighted by Crippen LogP contribution is 2.23. The molecule has 0 aromatic heterocycles. The first-order valence-corrected chi connectivity index (χ1v) is 9.44. The van der Waals surface area contributed by atoms with Crippen LogP contribution in [-0.2, 0) is 11.2 Å². The summed E-state index contributed by atoms with van der Waals surface area (Å²) >= 11 is 0. The number of amides is 1. The van der Waals surface area contributed by atoms with Crippen LogP contribution in [0.3, 0.4) is 0 Å². The topological polar surface area (TPSA) is 35.6 Å². The van der Waals surface area contributed by atoms with Crippen LogP contribution in [-0.4, -0.2) is 60.5 Å². The lowest BCUT2D eigenvalue weighted by atomic mass is 9.89. The van der Waals surface area contributed by atoms with E-state index in [4.69, 9.17) is 0 Å². The lowest BCUT2D eigenvalue weighted by Gasteiger charge is -2.40. The first kappa shape index (κ1) is 23.2. The highest BCUT2D eigenvalue weighted by molar-refractivity contribution is 5.85. The van der Waals surface area contributed by atoms with Crippen LogP contribution < -0.4 is 5.32 Å². The van der Waals surface area contributed by atoms with Crippen molar-refractivity contribution in [3.05, 3.63) is 35.9 Å². The third kappa shape index (κ3) is 5.85. The third-order valence-electron chi connectivity index (χ3n) is 5.71. The molecule has 0 spiro atoms. The van der Waals surface area contributed by atoms with Crippen molar-refractivity contribution in [2.24, 2.45) is 5.92 Å². The molecule has 1 N–H and O–H groups in total. The maximum atomic E-state index is 12.8. The molecule has 2 aliphatic heterocycles. The van der Waals surface area contributed by atoms with Gasteiger partial charge in [0, 0.05) is 25.7 Å². The average Bonchev–Trinajstić information content (AvgIpc) is 2.62. The van der Waals surface area contributed by atoms with Crippen LogP contribution >= 0.6 is 24.8 Å². The Morgan fingerprint density at radius 1 is 1.15 bits per heavy atom. The summed E-state index contributed by atoms with van der Waals surface area (Å²) in [4.78, 5) is 17.3. The van der Waals surface area contributed by atoms with Gasteiger partial charge in [0.2, 0.25) is 5.91 Å². The number of benzene rings is 1. The summed E-state index contributed by atoms with van der Waals surface area (Å²) in [6, 6.07) is 11.1. The number of nitrogens with one attached hydrogen (secondary N) is 1. The van der Waals surface area contributed by atoms with Gasteiger partial charge < -0.3 is 10.2 Å². The second kappa shape index (κ2) is 11.1. The van der Waals surface area contributed by atoms with Crippen LogP contribution in [0, 0.1) is 5.92 Å². The number of likely N-dealkylation sites (tertiary alicyclic amines) is 1. The van der Waals surface area contributed by atoms with Gasteiger partial charge in [-0.2, -0.15) is 0 Å². The molecular weight excluding hydrogens is 369 g/mol. The van der Waals surface area contributed by atoms with E-state index < -0.39 is 0 Å². The number of rotatable bonds is 4. The number of piperazine rings is 1. The summed E-state index contributed by atoms with van der Waals surface area (Å²) in [5.74, 6) is 1.06. The molecule has 2 fully saturated rings. The normalized spacial score (nSPS) is 22.8. The van der Waals surface area contributed by atoms with Crippen LogP contribution in [0.4, 0.5) is 0 Å². The SMILES string of the molecule is CC(C(=O)N1CCNC[C@H]1C)N1CCC(Cc2ccccc2)CC1.Cl.Cl. The Labute approximate surface area is 170 Å². The zero-order chi connectivity index (χ0) is 16.9. The highest BCUT2D eigenvalue weighted by Gasteiger charge is 2.32. The van der Waals surface area contributed by atoms with Crippen LogP contribution in [0.2, 0.25) is 0 Å². The Morgan fingerprint density at radius 3 is 2.42 bits per heavy atom. The lowest BCUT2D eigenvalue weighted by molar-refractivity contribution is -0.139. The maximum absolute atomic E-state index is 12.8. The number of nitrogens with zero attached hydrogens (tertiary/aromatic N) is 2. The molecule has 1 aromatic carbocycles. The van der Waals surface area contributed by atoms with E-state index in [1.165, 1.54) is 24.8 Å². The van der Waals surface area contributed by atoms with Crippen molar-refractivity contribution in [1.29, 1.82) is 0 Å². The fraction of sp³-hybridized carbons (Fsp3) is 0.650. The smallest absolute Gasteiger partial charge is 0.239 e. The van der Waals surface area contributed by atoms with Crippen molar-refractivity contribution in [2.75, 3.05) is 32.7 Å². The predicted molar refractivity (Wildman–Crippen MR) is 112 cm³/mol. The number of piperidine rings is 1. The van der Waals surface area contributed by atoms with Crippen LogP contribution in [0.5, 0.6) is 0 Å². The van der Waals surface area contributed by atoms with Gasteiger partial charge in [0.1, 0.15) is 0 Å². The van der Waals surface area contributed by atoms with Gasteiger partial charge in [0.25, 0.3) is 0 Å². The van der Waals surface area contributed by atoms with E-state index in [0.29, 0.717) is 11.9 Å². The minimum absolute atomic E-state index is 0. The fourth-order valence-electron chi connectivity index (χ4n) is 4.06. The maximum Gasteiger partial charge on any atom is 0.239 e. The molecule has 6 heteroatoms. The molecular formula is C20H33Cl2N3O. The van der Waals surface area contributed by atoms with E-state index in [1.54, 1.807) is 0 Å². The Balaban J connectivity index is 0.00000169. The largest absolute Gasteiger partial charge is 0.336 e. The van der Waals surface area contributed by atoms with E-state index in [1.807, 2.05) is 0 Å². The van der Waals surface area contributed by atoms with Crippen LogP contribution in [0.15, 0.2) is 30.3 Å². The number of carbonyl (C=O) groups excluding carboxylic acids is 1. The minimum Gasteiger partial charge on any atom is -0.336 e. The minimum atomic E-state index is 0. The Hall–Kier alpha value is -0.810. The molecule has 2 saturated heterocycles. The first-order valence-electron chi connectivity index (χ1n) is 9.44. The molecule has 1 amide bonds. The van der Waals surface area contributed by atoms with Crippen molar-refractivity contribution in [3.63, 3.8) is 0 Å². The fourth-order valence-corrected chi connectivity index (χ4v) is 4.06. The molecule has 0 bridgehead atoms. The standard InChI is InChI=1S/C20H31N3O.2ClH/c1-16-15-21-10-13-23(16)20(24)17(2)22-11-8-19(9-12-22)14-18-6-4-3-5-7-18;;/h3-7,16-17,19,21H,8-15H2,1-2H3;2*1H/t16-,17?;;/m1../s1. The van der Waals surface area contributed by atoms with E-state index in [9.17, 15) is 4.79 Å². The average molecular weight is 402 g/mol. The summed E-state index contributed by atoms with van der Waals surface area (Å²) in [5.41, 5.74) is 1.44. The van der Waals surface area contributed by atoms with E-state index in [2.05, 4.69) is 59.3 Å². The Bertz CT molecular complexity index is 535. The monoisotopic (exact) mass is 401 g/mol. The van der Waals surface area contributed by atoms with Gasteiger partial charge in [0.05, 0.1) is 6.04 Å². The Kier molecular flexibility index (Phi) is 9.94. The summed E-state index contributed by atoms with van der Waals surface area (Å²) in [7, 11) is 0. The van der Waals surface area contributed by atoms with Gasteiger partial charge in [-0.25, -0.2) is 0 Å². The molecule has 1 aromatic rings. The van der Waals surface area contributed by atoms with Crippen molar-refractivity contribution >= 4 is 30.7 Å². The van der Waals surface area contributed by atoms with Crippen molar-refractivity contribution in [1.82, 2.24) is 15.1 Å². The summed E-state index contributed by atoms with van der Waals surface area (Å²) < 4.78 is 0. The summed E-state index contributed by atoms with van der Waals surface area (Å²) in [6.45, 7) is 9.00. The number of halogens is 2. The molecule has 2 heterocycles. The zero-order valence-electron chi connectivity index (χ0n) is 15.9. The molecule has 0 radical (unpaired) electrons. The van der Waals surface area contributed by atoms with Gasteiger partial charge in [-0.3, -0.25) is 9.69 Å². The number of hydrogen-bond donors (Lipinski definition) is 1. The van der Waals surface area contributed by atoms with Gasteiger partial charge >= 0.3 is 0 Å². The molecule has 2 aliphatic rings. The molecule has 148 valence electrons. The first-order chi connectivity index (χ1) is 11.6. The van der Waals surface area contributed by atoms with Gasteiger partial charge in [-0.15, -0.1) is 24.8 Å². The van der Waals surface area contributed by atoms with Crippen molar-refractivity contribution in [2.45, 2.75) is 45.2 Å². The second-order valence-electron chi connectivity index (χ2n) is 7.43. The van der Waals surface area contributed by atoms with E-state index in [0.717, 1.165) is 38.6 Å². The second-order valence-corrected chi connectivity index (χ2v) is 7.43. The van der Waals surface area contributed by atoms with Crippen LogP contribution in [0.25, 0.3) is 0 Å². The van der Waals surface area contributed by atoms with Gasteiger partial charge in [-0.05, 0) is 57.7 Å². The molecule has 1 unspecified atom stereocenters. The molecule has 3 rings (SSSR count). The van der Waals surface area contributed by atoms with E-state index in [-0.39, 0.29) is 30.9 Å². The van der Waals surface area contributed by atoms with Crippen molar-refractivity contribution in [3.8, 4) is 0 Å². The number of hydrogen-bond acceptors (Lipinski definition) is 3. The van der Waals surface area contributed by atoms with Crippen LogP contribution in [0.1, 0.15) is 32.3 Å². The Morgan fingerprint density at radius 2 is 1.81 bits per heavy atom. The molecule has 4 nitrogen and oxygen atoms in total. The summed E-state index contributed by atoms with van der Waals surface area (Å²) in [6.07, 6.45) is 3.57. The molecule has 0 saturated carbocycles. The number of carbonyl (C=O) groups is 1. The highest BCUT2D eigenvalue weighted by atomic mass is 35.5. The molecule has 2 atom stereocenters. The predicted octanol–water partition coefficient (Wildman–Crippen LogP) is 2.99. The quantitative estimate of drug-likeness (QED) is 0.841. The van der Waals surface area contributed by atoms with Gasteiger partial charge in [0.15, 0.2) is 0 Å². The van der Waals surface area contributed by atoms with Gasteiger partial charge in [-0.1, -0.05) is 30.3 Å².